The summed E-state index contributed by atoms with van der Waals surface area (Å²) in [6, 6.07) is 16.7. The molecule has 0 aliphatic carbocycles. The molecule has 0 saturated carbocycles. The predicted octanol–water partition coefficient (Wildman–Crippen LogP) is 4.64. The maximum Gasteiger partial charge on any atom is 0.274 e. The van der Waals surface area contributed by atoms with E-state index in [1.54, 1.807) is 54.6 Å². The zero-order valence-corrected chi connectivity index (χ0v) is 15.9. The van der Waals surface area contributed by atoms with E-state index in [4.69, 9.17) is 16.3 Å². The minimum absolute atomic E-state index is 0.134. The average Bonchev–Trinajstić information content (AvgIpc) is 2.71. The topological polar surface area (TPSA) is 80.3 Å². The van der Waals surface area contributed by atoms with Gasteiger partial charge in [-0.05, 0) is 67.6 Å². The predicted molar refractivity (Wildman–Crippen MR) is 109 cm³/mol. The van der Waals surface area contributed by atoms with E-state index in [0.717, 1.165) is 5.75 Å². The minimum Gasteiger partial charge on any atom is -0.494 e. The number of carbonyl (C=O) groups excluding carboxylic acids is 2. The summed E-state index contributed by atoms with van der Waals surface area (Å²) in [6.07, 6.45) is 1.42. The Morgan fingerprint density at radius 2 is 1.54 bits per heavy atom. The molecule has 0 aliphatic heterocycles. The number of aromatic nitrogens is 1. The molecular formula is C21H18ClN3O3. The fraction of sp³-hybridized carbons (Fsp3) is 0.0952. The van der Waals surface area contributed by atoms with Crippen LogP contribution in [0.3, 0.4) is 0 Å². The van der Waals surface area contributed by atoms with E-state index >= 15 is 0 Å². The van der Waals surface area contributed by atoms with Crippen molar-refractivity contribution in [1.29, 1.82) is 0 Å². The lowest BCUT2D eigenvalue weighted by atomic mass is 10.2. The highest BCUT2D eigenvalue weighted by Gasteiger charge is 2.12. The third-order valence-corrected chi connectivity index (χ3v) is 4.03. The molecule has 2 aromatic carbocycles. The number of benzene rings is 2. The summed E-state index contributed by atoms with van der Waals surface area (Å²) in [5, 5.41) is 6.07. The SMILES string of the molecule is CCOc1ccc(NC(=O)c2ccnc(C(=O)Nc3ccc(Cl)cc3)c2)cc1. The van der Waals surface area contributed by atoms with Gasteiger partial charge < -0.3 is 15.4 Å². The van der Waals surface area contributed by atoms with Crippen LogP contribution in [0.1, 0.15) is 27.8 Å². The summed E-state index contributed by atoms with van der Waals surface area (Å²) in [5.41, 5.74) is 1.66. The molecule has 3 rings (SSSR count). The van der Waals surface area contributed by atoms with Crippen LogP contribution in [0.25, 0.3) is 0 Å². The number of rotatable bonds is 6. The standard InChI is InChI=1S/C21H18ClN3O3/c1-2-28-18-9-7-17(8-10-18)24-20(26)14-11-12-23-19(13-14)21(27)25-16-5-3-15(22)4-6-16/h3-13H,2H2,1H3,(H,24,26)(H,25,27). The molecule has 0 bridgehead atoms. The molecule has 142 valence electrons. The number of hydrogen-bond donors (Lipinski definition) is 2. The van der Waals surface area contributed by atoms with Gasteiger partial charge in [-0.3, -0.25) is 14.6 Å². The maximum atomic E-state index is 12.5. The van der Waals surface area contributed by atoms with Crippen molar-refractivity contribution in [3.05, 3.63) is 83.1 Å². The molecule has 0 aliphatic rings. The molecular weight excluding hydrogens is 378 g/mol. The third kappa shape index (κ3) is 5.08. The molecule has 0 atom stereocenters. The van der Waals surface area contributed by atoms with E-state index in [2.05, 4.69) is 15.6 Å². The number of pyridine rings is 1. The van der Waals surface area contributed by atoms with Gasteiger partial charge in [0.05, 0.1) is 6.61 Å². The molecule has 6 nitrogen and oxygen atoms in total. The summed E-state index contributed by atoms with van der Waals surface area (Å²) >= 11 is 5.84. The zero-order chi connectivity index (χ0) is 19.9. The van der Waals surface area contributed by atoms with Gasteiger partial charge in [-0.2, -0.15) is 0 Å². The van der Waals surface area contributed by atoms with Gasteiger partial charge in [0.15, 0.2) is 0 Å². The van der Waals surface area contributed by atoms with Crippen molar-refractivity contribution < 1.29 is 14.3 Å². The summed E-state index contributed by atoms with van der Waals surface area (Å²) in [6.45, 7) is 2.48. The fourth-order valence-electron chi connectivity index (χ4n) is 2.43. The van der Waals surface area contributed by atoms with Gasteiger partial charge in [0.2, 0.25) is 0 Å². The highest BCUT2D eigenvalue weighted by molar-refractivity contribution is 6.30. The lowest BCUT2D eigenvalue weighted by molar-refractivity contribution is 0.102. The van der Waals surface area contributed by atoms with Crippen LogP contribution >= 0.6 is 11.6 Å². The van der Waals surface area contributed by atoms with Crippen molar-refractivity contribution >= 4 is 34.8 Å². The van der Waals surface area contributed by atoms with E-state index in [1.807, 2.05) is 6.92 Å². The lowest BCUT2D eigenvalue weighted by Crippen LogP contribution is -2.17. The van der Waals surface area contributed by atoms with Gasteiger partial charge in [0.25, 0.3) is 11.8 Å². The first-order chi connectivity index (χ1) is 13.5. The molecule has 2 N–H and O–H groups in total. The molecule has 0 fully saturated rings. The Kier molecular flexibility index (Phi) is 6.24. The van der Waals surface area contributed by atoms with Crippen molar-refractivity contribution in [1.82, 2.24) is 4.98 Å². The number of nitrogens with one attached hydrogen (secondary N) is 2. The first-order valence-corrected chi connectivity index (χ1v) is 9.00. The Hall–Kier alpha value is -3.38. The second kappa shape index (κ2) is 9.01. The number of hydrogen-bond acceptors (Lipinski definition) is 4. The molecule has 1 aromatic heterocycles. The molecule has 1 heterocycles. The minimum atomic E-state index is -0.418. The first-order valence-electron chi connectivity index (χ1n) is 8.62. The summed E-state index contributed by atoms with van der Waals surface area (Å²) < 4.78 is 5.38. The van der Waals surface area contributed by atoms with E-state index in [-0.39, 0.29) is 11.6 Å². The first kappa shape index (κ1) is 19.4. The fourth-order valence-corrected chi connectivity index (χ4v) is 2.55. The Morgan fingerprint density at radius 3 is 2.18 bits per heavy atom. The highest BCUT2D eigenvalue weighted by atomic mass is 35.5. The number of anilines is 2. The number of carbonyl (C=O) groups is 2. The largest absolute Gasteiger partial charge is 0.494 e. The van der Waals surface area contributed by atoms with Crippen LogP contribution in [-0.4, -0.2) is 23.4 Å². The van der Waals surface area contributed by atoms with Gasteiger partial charge in [-0.1, -0.05) is 11.6 Å². The van der Waals surface area contributed by atoms with Crippen LogP contribution < -0.4 is 15.4 Å². The number of nitrogens with zero attached hydrogens (tertiary/aromatic N) is 1. The van der Waals surface area contributed by atoms with Crippen molar-refractivity contribution in [2.45, 2.75) is 6.92 Å². The Bertz CT molecular complexity index is 973. The van der Waals surface area contributed by atoms with Crippen molar-refractivity contribution in [3.8, 4) is 5.75 Å². The summed E-state index contributed by atoms with van der Waals surface area (Å²) in [7, 11) is 0. The summed E-state index contributed by atoms with van der Waals surface area (Å²) in [4.78, 5) is 28.9. The van der Waals surface area contributed by atoms with Gasteiger partial charge in [0, 0.05) is 28.2 Å². The Morgan fingerprint density at radius 1 is 0.929 bits per heavy atom. The zero-order valence-electron chi connectivity index (χ0n) is 15.1. The van der Waals surface area contributed by atoms with Gasteiger partial charge in [0.1, 0.15) is 11.4 Å². The lowest BCUT2D eigenvalue weighted by Gasteiger charge is -2.08. The normalized spacial score (nSPS) is 10.2. The molecule has 2 amide bonds. The molecule has 28 heavy (non-hydrogen) atoms. The Balaban J connectivity index is 1.68. The van der Waals surface area contributed by atoms with Gasteiger partial charge in [-0.15, -0.1) is 0 Å². The second-order valence-corrected chi connectivity index (χ2v) is 6.24. The molecule has 7 heteroatoms. The van der Waals surface area contributed by atoms with Crippen LogP contribution in [0.2, 0.25) is 5.02 Å². The molecule has 3 aromatic rings. The Labute approximate surface area is 167 Å². The van der Waals surface area contributed by atoms with Crippen LogP contribution in [-0.2, 0) is 0 Å². The molecule has 0 spiro atoms. The van der Waals surface area contributed by atoms with Crippen LogP contribution in [0.5, 0.6) is 5.75 Å². The van der Waals surface area contributed by atoms with E-state index < -0.39 is 5.91 Å². The third-order valence-electron chi connectivity index (χ3n) is 3.78. The number of ether oxygens (including phenoxy) is 1. The molecule has 0 unspecified atom stereocenters. The average molecular weight is 396 g/mol. The van der Waals surface area contributed by atoms with Gasteiger partial charge in [-0.25, -0.2) is 0 Å². The van der Waals surface area contributed by atoms with E-state index in [9.17, 15) is 9.59 Å². The van der Waals surface area contributed by atoms with E-state index in [1.165, 1.54) is 12.3 Å². The monoisotopic (exact) mass is 395 g/mol. The van der Waals surface area contributed by atoms with Crippen LogP contribution in [0.4, 0.5) is 11.4 Å². The van der Waals surface area contributed by atoms with Crippen molar-refractivity contribution in [2.75, 3.05) is 17.2 Å². The quantitative estimate of drug-likeness (QED) is 0.637. The van der Waals surface area contributed by atoms with Crippen LogP contribution in [0, 0.1) is 0 Å². The smallest absolute Gasteiger partial charge is 0.274 e. The molecule has 0 radical (unpaired) electrons. The highest BCUT2D eigenvalue weighted by Crippen LogP contribution is 2.17. The van der Waals surface area contributed by atoms with Gasteiger partial charge >= 0.3 is 0 Å². The van der Waals surface area contributed by atoms with Crippen molar-refractivity contribution in [2.24, 2.45) is 0 Å². The molecule has 0 saturated heterocycles. The van der Waals surface area contributed by atoms with Crippen LogP contribution in [0.15, 0.2) is 66.9 Å². The number of halogens is 1. The van der Waals surface area contributed by atoms with E-state index in [0.29, 0.717) is 28.6 Å². The second-order valence-electron chi connectivity index (χ2n) is 5.80. The summed E-state index contributed by atoms with van der Waals surface area (Å²) in [5.74, 6) is -0.0318. The van der Waals surface area contributed by atoms with Crippen molar-refractivity contribution in [3.63, 3.8) is 0 Å². The maximum absolute atomic E-state index is 12.5. The number of amides is 2.